The van der Waals surface area contributed by atoms with Crippen molar-refractivity contribution >= 4 is 10.8 Å². The minimum atomic E-state index is -0.547. The van der Waals surface area contributed by atoms with Crippen molar-refractivity contribution in [2.24, 2.45) is 0 Å². The molecule has 0 bridgehead atoms. The average Bonchev–Trinajstić information content (AvgIpc) is 2.47. The lowest BCUT2D eigenvalue weighted by Crippen LogP contribution is -2.31. The van der Waals surface area contributed by atoms with Crippen molar-refractivity contribution in [1.82, 2.24) is 5.32 Å². The molecule has 0 saturated heterocycles. The highest BCUT2D eigenvalue weighted by atomic mass is 16.5. The van der Waals surface area contributed by atoms with Crippen LogP contribution in [0.25, 0.3) is 10.8 Å². The van der Waals surface area contributed by atoms with Crippen LogP contribution in [0.4, 0.5) is 0 Å². The van der Waals surface area contributed by atoms with Crippen LogP contribution >= 0.6 is 0 Å². The fraction of sp³-hybridized carbons (Fsp3) is 0.375. The van der Waals surface area contributed by atoms with Gasteiger partial charge in [0, 0.05) is 17.3 Å². The highest BCUT2D eigenvalue weighted by Crippen LogP contribution is 2.32. The SMILES string of the molecule is CCCNC[C@H](O)COc1ccc(O)c2ccccc12. The topological polar surface area (TPSA) is 61.7 Å². The van der Waals surface area contributed by atoms with Crippen LogP contribution in [0.1, 0.15) is 13.3 Å². The largest absolute Gasteiger partial charge is 0.507 e. The van der Waals surface area contributed by atoms with Crippen LogP contribution in [-0.4, -0.2) is 36.0 Å². The summed E-state index contributed by atoms with van der Waals surface area (Å²) in [6.07, 6.45) is 0.491. The van der Waals surface area contributed by atoms with Gasteiger partial charge in [-0.25, -0.2) is 0 Å². The molecule has 1 atom stereocenters. The lowest BCUT2D eigenvalue weighted by Gasteiger charge is -2.14. The first-order valence-corrected chi connectivity index (χ1v) is 6.94. The van der Waals surface area contributed by atoms with Gasteiger partial charge in [-0.05, 0) is 25.1 Å². The summed E-state index contributed by atoms with van der Waals surface area (Å²) in [5.74, 6) is 0.908. The van der Waals surface area contributed by atoms with Crippen LogP contribution in [0, 0.1) is 0 Å². The Balaban J connectivity index is 2.01. The summed E-state index contributed by atoms with van der Waals surface area (Å²) in [7, 11) is 0. The molecule has 2 rings (SSSR count). The molecule has 0 saturated carbocycles. The molecule has 0 radical (unpaired) electrons. The Bertz CT molecular complexity index is 556. The molecule has 20 heavy (non-hydrogen) atoms. The molecule has 2 aromatic carbocycles. The van der Waals surface area contributed by atoms with Crippen LogP contribution in [0.2, 0.25) is 0 Å². The molecule has 4 heteroatoms. The summed E-state index contributed by atoms with van der Waals surface area (Å²) in [6, 6.07) is 10.8. The van der Waals surface area contributed by atoms with Crippen LogP contribution in [0.5, 0.6) is 11.5 Å². The molecule has 0 unspecified atom stereocenters. The number of hydrogen-bond donors (Lipinski definition) is 3. The Morgan fingerprint density at radius 1 is 1.15 bits per heavy atom. The van der Waals surface area contributed by atoms with E-state index < -0.39 is 6.10 Å². The second-order valence-electron chi connectivity index (χ2n) is 4.80. The predicted octanol–water partition coefficient (Wildman–Crippen LogP) is 2.28. The van der Waals surface area contributed by atoms with Gasteiger partial charge in [0.2, 0.25) is 0 Å². The van der Waals surface area contributed by atoms with Crippen molar-refractivity contribution < 1.29 is 14.9 Å². The number of aliphatic hydroxyl groups excluding tert-OH is 1. The molecule has 0 aromatic heterocycles. The Kier molecular flexibility index (Phi) is 5.21. The van der Waals surface area contributed by atoms with Crippen LogP contribution in [0.15, 0.2) is 36.4 Å². The minimum Gasteiger partial charge on any atom is -0.507 e. The first kappa shape index (κ1) is 14.6. The zero-order valence-corrected chi connectivity index (χ0v) is 11.7. The molecular weight excluding hydrogens is 254 g/mol. The average molecular weight is 275 g/mol. The van der Waals surface area contributed by atoms with Crippen LogP contribution in [0.3, 0.4) is 0 Å². The number of phenolic OH excluding ortho intramolecular Hbond substituents is 1. The van der Waals surface area contributed by atoms with Crippen molar-refractivity contribution in [2.45, 2.75) is 19.4 Å². The fourth-order valence-corrected chi connectivity index (χ4v) is 2.07. The number of ether oxygens (including phenoxy) is 1. The molecule has 0 aliphatic heterocycles. The number of hydrogen-bond acceptors (Lipinski definition) is 4. The number of benzene rings is 2. The van der Waals surface area contributed by atoms with E-state index >= 15 is 0 Å². The number of nitrogens with one attached hydrogen (secondary N) is 1. The second kappa shape index (κ2) is 7.12. The van der Waals surface area contributed by atoms with Crippen molar-refractivity contribution in [3.05, 3.63) is 36.4 Å². The monoisotopic (exact) mass is 275 g/mol. The molecule has 0 heterocycles. The van der Waals surface area contributed by atoms with E-state index in [1.54, 1.807) is 12.1 Å². The molecule has 0 fully saturated rings. The van der Waals surface area contributed by atoms with Gasteiger partial charge in [-0.15, -0.1) is 0 Å². The second-order valence-corrected chi connectivity index (χ2v) is 4.80. The summed E-state index contributed by atoms with van der Waals surface area (Å²) in [5.41, 5.74) is 0. The fourth-order valence-electron chi connectivity index (χ4n) is 2.07. The van der Waals surface area contributed by atoms with Crippen molar-refractivity contribution in [1.29, 1.82) is 0 Å². The molecule has 0 aliphatic carbocycles. The Labute approximate surface area is 119 Å². The maximum atomic E-state index is 9.83. The van der Waals surface area contributed by atoms with Gasteiger partial charge in [0.15, 0.2) is 0 Å². The van der Waals surface area contributed by atoms with Gasteiger partial charge in [-0.2, -0.15) is 0 Å². The van der Waals surface area contributed by atoms with E-state index in [1.807, 2.05) is 24.3 Å². The van der Waals surface area contributed by atoms with Crippen LogP contribution in [-0.2, 0) is 0 Å². The van der Waals surface area contributed by atoms with E-state index in [1.165, 1.54) is 0 Å². The van der Waals surface area contributed by atoms with Crippen molar-refractivity contribution in [3.63, 3.8) is 0 Å². The standard InChI is InChI=1S/C16H21NO3/c1-2-9-17-10-12(18)11-20-16-8-7-15(19)13-5-3-4-6-14(13)16/h3-8,12,17-19H,2,9-11H2,1H3/t12-/m0/s1. The quantitative estimate of drug-likeness (QED) is 0.678. The molecule has 2 aromatic rings. The number of fused-ring (bicyclic) bond motifs is 1. The highest BCUT2D eigenvalue weighted by Gasteiger charge is 2.08. The zero-order valence-electron chi connectivity index (χ0n) is 11.7. The first-order valence-electron chi connectivity index (χ1n) is 6.94. The van der Waals surface area contributed by atoms with Crippen molar-refractivity contribution in [2.75, 3.05) is 19.7 Å². The molecule has 3 N–H and O–H groups in total. The highest BCUT2D eigenvalue weighted by molar-refractivity contribution is 5.92. The van der Waals surface area contributed by atoms with E-state index in [2.05, 4.69) is 12.2 Å². The molecular formula is C16H21NO3. The summed E-state index contributed by atoms with van der Waals surface area (Å²) in [5, 5.41) is 24.4. The molecule has 0 spiro atoms. The van der Waals surface area contributed by atoms with Gasteiger partial charge in [0.25, 0.3) is 0 Å². The van der Waals surface area contributed by atoms with Gasteiger partial charge in [-0.3, -0.25) is 0 Å². The van der Waals surface area contributed by atoms with E-state index in [9.17, 15) is 10.2 Å². The number of phenols is 1. The first-order chi connectivity index (χ1) is 9.72. The van der Waals surface area contributed by atoms with Gasteiger partial charge in [-0.1, -0.05) is 31.2 Å². The number of rotatable bonds is 7. The zero-order chi connectivity index (χ0) is 14.4. The minimum absolute atomic E-state index is 0.228. The third-order valence-corrected chi connectivity index (χ3v) is 3.10. The van der Waals surface area contributed by atoms with Gasteiger partial charge < -0.3 is 20.3 Å². The normalized spacial score (nSPS) is 12.5. The van der Waals surface area contributed by atoms with Gasteiger partial charge in [0.1, 0.15) is 24.2 Å². The third kappa shape index (κ3) is 3.62. The summed E-state index contributed by atoms with van der Waals surface area (Å²) in [6.45, 7) is 3.72. The Morgan fingerprint density at radius 2 is 1.90 bits per heavy atom. The van der Waals surface area contributed by atoms with Gasteiger partial charge >= 0.3 is 0 Å². The smallest absolute Gasteiger partial charge is 0.127 e. The van der Waals surface area contributed by atoms with Crippen LogP contribution < -0.4 is 10.1 Å². The predicted molar refractivity (Wildman–Crippen MR) is 80.3 cm³/mol. The number of aromatic hydroxyl groups is 1. The lowest BCUT2D eigenvalue weighted by molar-refractivity contribution is 0.107. The third-order valence-electron chi connectivity index (χ3n) is 3.10. The van der Waals surface area contributed by atoms with E-state index in [4.69, 9.17) is 4.74 Å². The maximum absolute atomic E-state index is 9.83. The van der Waals surface area contributed by atoms with E-state index in [0.29, 0.717) is 12.3 Å². The lowest BCUT2D eigenvalue weighted by atomic mass is 10.1. The van der Waals surface area contributed by atoms with Gasteiger partial charge in [0.05, 0.1) is 0 Å². The number of aliphatic hydroxyl groups is 1. The summed E-state index contributed by atoms with van der Waals surface area (Å²) >= 11 is 0. The van der Waals surface area contributed by atoms with Crippen molar-refractivity contribution in [3.8, 4) is 11.5 Å². The Hall–Kier alpha value is -1.78. The summed E-state index contributed by atoms with van der Waals surface area (Å²) < 4.78 is 5.67. The molecule has 108 valence electrons. The van der Waals surface area contributed by atoms with E-state index in [-0.39, 0.29) is 12.4 Å². The molecule has 4 nitrogen and oxygen atoms in total. The Morgan fingerprint density at radius 3 is 2.65 bits per heavy atom. The summed E-state index contributed by atoms with van der Waals surface area (Å²) in [4.78, 5) is 0. The molecule has 0 amide bonds. The molecule has 0 aliphatic rings. The maximum Gasteiger partial charge on any atom is 0.127 e. The van der Waals surface area contributed by atoms with E-state index in [0.717, 1.165) is 23.7 Å².